The van der Waals surface area contributed by atoms with Crippen LogP contribution in [0.2, 0.25) is 0 Å². The van der Waals surface area contributed by atoms with Crippen molar-refractivity contribution in [3.8, 4) is 11.4 Å². The lowest BCUT2D eigenvalue weighted by atomic mass is 10.1. The summed E-state index contributed by atoms with van der Waals surface area (Å²) in [4.78, 5) is 4.21. The van der Waals surface area contributed by atoms with E-state index in [1.807, 2.05) is 31.2 Å². The largest absolute Gasteiger partial charge is 0.337 e. The molecule has 3 aromatic rings. The van der Waals surface area contributed by atoms with Gasteiger partial charge in [-0.3, -0.25) is 0 Å². The van der Waals surface area contributed by atoms with Gasteiger partial charge in [-0.05, 0) is 44.2 Å². The van der Waals surface area contributed by atoms with Crippen molar-refractivity contribution >= 4 is 10.0 Å². The summed E-state index contributed by atoms with van der Waals surface area (Å²) in [6.07, 6.45) is 0. The molecule has 0 radical (unpaired) electrons. The van der Waals surface area contributed by atoms with Crippen LogP contribution in [-0.4, -0.2) is 18.6 Å². The quantitative estimate of drug-likeness (QED) is 0.754. The van der Waals surface area contributed by atoms with Crippen LogP contribution in [0.5, 0.6) is 0 Å². The molecule has 0 saturated carbocycles. The number of nitrogens with one attached hydrogen (secondary N) is 1. The van der Waals surface area contributed by atoms with E-state index in [-0.39, 0.29) is 10.8 Å². The number of benzene rings is 2. The second kappa shape index (κ2) is 6.73. The molecule has 0 aliphatic carbocycles. The van der Waals surface area contributed by atoms with E-state index in [1.165, 1.54) is 12.1 Å². The minimum atomic E-state index is -3.83. The number of hydrogen-bond donors (Lipinski definition) is 1. The van der Waals surface area contributed by atoms with Crippen molar-refractivity contribution in [3.05, 3.63) is 65.8 Å². The van der Waals surface area contributed by atoms with Crippen LogP contribution < -0.4 is 4.72 Å². The Bertz CT molecular complexity index is 984. The first kappa shape index (κ1) is 17.2. The fourth-order valence-corrected chi connectivity index (χ4v) is 3.47. The zero-order chi connectivity index (χ0) is 18.0. The molecule has 1 atom stereocenters. The Morgan fingerprint density at radius 2 is 1.88 bits per heavy atom. The third-order valence-electron chi connectivity index (χ3n) is 3.54. The van der Waals surface area contributed by atoms with Crippen LogP contribution in [0.25, 0.3) is 11.4 Å². The van der Waals surface area contributed by atoms with Gasteiger partial charge in [-0.25, -0.2) is 12.8 Å². The molecule has 0 amide bonds. The van der Waals surface area contributed by atoms with Gasteiger partial charge in [0.25, 0.3) is 0 Å². The van der Waals surface area contributed by atoms with Gasteiger partial charge in [-0.1, -0.05) is 28.9 Å². The molecule has 6 nitrogen and oxygen atoms in total. The average molecular weight is 361 g/mol. The first-order chi connectivity index (χ1) is 11.8. The van der Waals surface area contributed by atoms with Crippen molar-refractivity contribution in [2.45, 2.75) is 24.8 Å². The van der Waals surface area contributed by atoms with Crippen LogP contribution in [-0.2, 0) is 10.0 Å². The molecule has 0 aliphatic rings. The number of sulfonamides is 1. The average Bonchev–Trinajstić information content (AvgIpc) is 3.05. The molecule has 0 aliphatic heterocycles. The highest BCUT2D eigenvalue weighted by Gasteiger charge is 2.22. The summed E-state index contributed by atoms with van der Waals surface area (Å²) >= 11 is 0. The van der Waals surface area contributed by atoms with E-state index >= 15 is 0 Å². The summed E-state index contributed by atoms with van der Waals surface area (Å²) in [6.45, 7) is 3.54. The molecule has 0 fully saturated rings. The molecular formula is C17H16FN3O3S. The Balaban J connectivity index is 1.80. The van der Waals surface area contributed by atoms with Gasteiger partial charge in [-0.2, -0.15) is 9.71 Å². The normalized spacial score (nSPS) is 12.9. The van der Waals surface area contributed by atoms with Crippen LogP contribution in [0.15, 0.2) is 57.9 Å². The summed E-state index contributed by atoms with van der Waals surface area (Å²) < 4.78 is 45.2. The second-order valence-electron chi connectivity index (χ2n) is 5.62. The maximum absolute atomic E-state index is 12.9. The number of halogens is 1. The Hall–Kier alpha value is -2.58. The molecular weight excluding hydrogens is 345 g/mol. The fourth-order valence-electron chi connectivity index (χ4n) is 2.28. The summed E-state index contributed by atoms with van der Waals surface area (Å²) in [7, 11) is -3.83. The van der Waals surface area contributed by atoms with E-state index in [9.17, 15) is 12.8 Å². The molecule has 0 bridgehead atoms. The molecule has 25 heavy (non-hydrogen) atoms. The third kappa shape index (κ3) is 3.92. The summed E-state index contributed by atoms with van der Waals surface area (Å²) in [5, 5.41) is 3.89. The zero-order valence-corrected chi connectivity index (χ0v) is 14.4. The molecule has 2 aromatic carbocycles. The zero-order valence-electron chi connectivity index (χ0n) is 13.6. The first-order valence-corrected chi connectivity index (χ1v) is 9.02. The Kier molecular flexibility index (Phi) is 4.65. The van der Waals surface area contributed by atoms with Crippen molar-refractivity contribution in [1.82, 2.24) is 14.9 Å². The molecule has 1 aromatic heterocycles. The minimum absolute atomic E-state index is 0.0424. The van der Waals surface area contributed by atoms with E-state index in [0.717, 1.165) is 23.3 Å². The van der Waals surface area contributed by atoms with Gasteiger partial charge in [0.15, 0.2) is 0 Å². The van der Waals surface area contributed by atoms with E-state index in [1.54, 1.807) is 6.92 Å². The minimum Gasteiger partial charge on any atom is -0.337 e. The van der Waals surface area contributed by atoms with Gasteiger partial charge in [-0.15, -0.1) is 0 Å². The van der Waals surface area contributed by atoms with Crippen molar-refractivity contribution in [2.24, 2.45) is 0 Å². The topological polar surface area (TPSA) is 85.1 Å². The Morgan fingerprint density at radius 3 is 2.56 bits per heavy atom. The summed E-state index contributed by atoms with van der Waals surface area (Å²) in [5.41, 5.74) is 1.83. The third-order valence-corrected chi connectivity index (χ3v) is 5.10. The molecule has 1 N–H and O–H groups in total. The van der Waals surface area contributed by atoms with E-state index in [4.69, 9.17) is 4.52 Å². The predicted octanol–water partition coefficient (Wildman–Crippen LogP) is 3.22. The Morgan fingerprint density at radius 1 is 1.16 bits per heavy atom. The van der Waals surface area contributed by atoms with Gasteiger partial charge in [0.2, 0.25) is 21.7 Å². The summed E-state index contributed by atoms with van der Waals surface area (Å²) in [6, 6.07) is 11.4. The molecule has 130 valence electrons. The molecule has 3 rings (SSSR count). The Labute approximate surface area is 144 Å². The maximum Gasteiger partial charge on any atom is 0.244 e. The number of rotatable bonds is 5. The second-order valence-corrected chi connectivity index (χ2v) is 7.34. The SMILES string of the molecule is Cc1cccc(-c2noc([C@@H](C)NS(=O)(=O)c3ccc(F)cc3)n2)c1. The predicted molar refractivity (Wildman–Crippen MR) is 89.6 cm³/mol. The van der Waals surface area contributed by atoms with Crippen LogP contribution in [0, 0.1) is 12.7 Å². The monoisotopic (exact) mass is 361 g/mol. The van der Waals surface area contributed by atoms with E-state index in [0.29, 0.717) is 5.82 Å². The standard InChI is InChI=1S/C17H16FN3O3S/c1-11-4-3-5-13(10-11)16-19-17(24-20-16)12(2)21-25(22,23)15-8-6-14(18)7-9-15/h3-10,12,21H,1-2H3/t12-/m1/s1. The number of hydrogen-bond acceptors (Lipinski definition) is 5. The molecule has 8 heteroatoms. The maximum atomic E-state index is 12.9. The fraction of sp³-hybridized carbons (Fsp3) is 0.176. The van der Waals surface area contributed by atoms with Gasteiger partial charge in [0.05, 0.1) is 10.9 Å². The lowest BCUT2D eigenvalue weighted by Crippen LogP contribution is -2.27. The first-order valence-electron chi connectivity index (χ1n) is 7.54. The smallest absolute Gasteiger partial charge is 0.244 e. The van der Waals surface area contributed by atoms with Crippen LogP contribution in [0.3, 0.4) is 0 Å². The molecule has 0 unspecified atom stereocenters. The number of nitrogens with zero attached hydrogens (tertiary/aromatic N) is 2. The van der Waals surface area contributed by atoms with E-state index in [2.05, 4.69) is 14.9 Å². The molecule has 1 heterocycles. The van der Waals surface area contributed by atoms with Gasteiger partial charge in [0.1, 0.15) is 5.82 Å². The highest BCUT2D eigenvalue weighted by molar-refractivity contribution is 7.89. The van der Waals surface area contributed by atoms with E-state index < -0.39 is 21.9 Å². The number of aromatic nitrogens is 2. The van der Waals surface area contributed by atoms with Gasteiger partial charge < -0.3 is 4.52 Å². The van der Waals surface area contributed by atoms with Crippen LogP contribution in [0.4, 0.5) is 4.39 Å². The highest BCUT2D eigenvalue weighted by atomic mass is 32.2. The number of aryl methyl sites for hydroxylation is 1. The summed E-state index contributed by atoms with van der Waals surface area (Å²) in [5.74, 6) is 0.0143. The van der Waals surface area contributed by atoms with Crippen molar-refractivity contribution in [2.75, 3.05) is 0 Å². The van der Waals surface area contributed by atoms with Crippen LogP contribution in [0.1, 0.15) is 24.4 Å². The van der Waals surface area contributed by atoms with Crippen molar-refractivity contribution < 1.29 is 17.3 Å². The van der Waals surface area contributed by atoms with Gasteiger partial charge in [0, 0.05) is 5.56 Å². The lowest BCUT2D eigenvalue weighted by Gasteiger charge is -2.10. The van der Waals surface area contributed by atoms with Crippen molar-refractivity contribution in [3.63, 3.8) is 0 Å². The molecule has 0 spiro atoms. The van der Waals surface area contributed by atoms with Crippen LogP contribution >= 0.6 is 0 Å². The highest BCUT2D eigenvalue weighted by Crippen LogP contribution is 2.21. The van der Waals surface area contributed by atoms with Crippen molar-refractivity contribution in [1.29, 1.82) is 0 Å². The molecule has 0 saturated heterocycles. The van der Waals surface area contributed by atoms with Gasteiger partial charge >= 0.3 is 0 Å². The lowest BCUT2D eigenvalue weighted by molar-refractivity contribution is 0.354.